The van der Waals surface area contributed by atoms with Crippen molar-refractivity contribution in [3.63, 3.8) is 0 Å². The van der Waals surface area contributed by atoms with Gasteiger partial charge in [-0.2, -0.15) is 0 Å². The Labute approximate surface area is 137 Å². The zero-order valence-corrected chi connectivity index (χ0v) is 15.2. The largest absolute Gasteiger partial charge is 0.425 e. The smallest absolute Gasteiger partial charge is 0.286 e. The molecule has 0 aromatic rings. The Bertz CT molecular complexity index is 392. The standard InChI is InChI=1S/C15H30B2N2O3/c1-12(2,14(5,6)19-8)11(20)13(3,4)15(7,18)21-10(9-16)22-17/h10,19H,9,18H2,1-8H3. The highest BCUT2D eigenvalue weighted by atomic mass is 16.7. The van der Waals surface area contributed by atoms with Gasteiger partial charge in [-0.3, -0.25) is 4.79 Å². The van der Waals surface area contributed by atoms with Crippen LogP contribution in [-0.4, -0.2) is 46.3 Å². The third kappa shape index (κ3) is 3.94. The van der Waals surface area contributed by atoms with Crippen molar-refractivity contribution >= 4 is 21.7 Å². The van der Waals surface area contributed by atoms with Crippen molar-refractivity contribution in [2.75, 3.05) is 7.05 Å². The first-order valence-corrected chi connectivity index (χ1v) is 7.47. The molecule has 0 aromatic heterocycles. The van der Waals surface area contributed by atoms with E-state index in [9.17, 15) is 4.79 Å². The summed E-state index contributed by atoms with van der Waals surface area (Å²) in [6, 6.07) is 0. The van der Waals surface area contributed by atoms with Crippen molar-refractivity contribution < 1.29 is 14.2 Å². The molecular weight excluding hydrogens is 278 g/mol. The molecule has 0 spiro atoms. The average molecular weight is 308 g/mol. The summed E-state index contributed by atoms with van der Waals surface area (Å²) in [5.41, 5.74) is 2.88. The minimum Gasteiger partial charge on any atom is -0.425 e. The first kappa shape index (κ1) is 21.6. The quantitative estimate of drug-likeness (QED) is 0.496. The second-order valence-corrected chi connectivity index (χ2v) is 7.48. The minimum atomic E-state index is -1.30. The van der Waals surface area contributed by atoms with Crippen molar-refractivity contribution in [2.45, 2.75) is 72.3 Å². The molecule has 0 aliphatic heterocycles. The third-order valence-electron chi connectivity index (χ3n) is 5.28. The van der Waals surface area contributed by atoms with Gasteiger partial charge in [-0.1, -0.05) is 13.8 Å². The van der Waals surface area contributed by atoms with Crippen LogP contribution in [0.2, 0.25) is 6.32 Å². The second-order valence-electron chi connectivity index (χ2n) is 7.48. The van der Waals surface area contributed by atoms with Gasteiger partial charge in [0.25, 0.3) is 8.05 Å². The summed E-state index contributed by atoms with van der Waals surface area (Å²) < 4.78 is 10.3. The Kier molecular flexibility index (Phi) is 6.92. The predicted octanol–water partition coefficient (Wildman–Crippen LogP) is 1.31. The van der Waals surface area contributed by atoms with Crippen LogP contribution in [0.3, 0.4) is 0 Å². The summed E-state index contributed by atoms with van der Waals surface area (Å²) in [5.74, 6) is -0.0304. The molecule has 0 amide bonds. The summed E-state index contributed by atoms with van der Waals surface area (Å²) in [6.45, 7) is 12.9. The lowest BCUT2D eigenvalue weighted by atomic mass is 9.61. The van der Waals surface area contributed by atoms with E-state index in [1.807, 2.05) is 34.7 Å². The maximum atomic E-state index is 13.2. The second kappa shape index (κ2) is 7.04. The van der Waals surface area contributed by atoms with Gasteiger partial charge in [0, 0.05) is 11.0 Å². The van der Waals surface area contributed by atoms with Gasteiger partial charge in [-0.05, 0) is 48.0 Å². The van der Waals surface area contributed by atoms with E-state index in [2.05, 4.69) is 9.97 Å². The summed E-state index contributed by atoms with van der Waals surface area (Å²) in [5, 5.41) is 3.18. The molecule has 124 valence electrons. The van der Waals surface area contributed by atoms with E-state index < -0.39 is 28.4 Å². The fourth-order valence-corrected chi connectivity index (χ4v) is 2.15. The number of carbonyl (C=O) groups excluding carboxylic acids is 1. The minimum absolute atomic E-state index is 0.0304. The van der Waals surface area contributed by atoms with Gasteiger partial charge < -0.3 is 20.4 Å². The third-order valence-corrected chi connectivity index (χ3v) is 5.28. The van der Waals surface area contributed by atoms with Crippen molar-refractivity contribution in [2.24, 2.45) is 16.6 Å². The summed E-state index contributed by atoms with van der Waals surface area (Å²) in [7, 11) is 12.5. The number of nitrogens with one attached hydrogen (secondary N) is 1. The number of Topliss-reactive ketones (excluding diaryl/α,β-unsaturated/α-hetero) is 1. The zero-order valence-electron chi connectivity index (χ0n) is 15.2. The van der Waals surface area contributed by atoms with Crippen molar-refractivity contribution in [1.29, 1.82) is 0 Å². The highest BCUT2D eigenvalue weighted by Crippen LogP contribution is 2.43. The molecule has 2 atom stereocenters. The molecular formula is C15H30B2N2O3. The molecule has 0 rings (SSSR count). The predicted molar refractivity (Wildman–Crippen MR) is 90.6 cm³/mol. The molecule has 0 aromatic carbocycles. The van der Waals surface area contributed by atoms with Crippen LogP contribution in [0.4, 0.5) is 0 Å². The Morgan fingerprint density at radius 1 is 1.14 bits per heavy atom. The van der Waals surface area contributed by atoms with Gasteiger partial charge in [0.15, 0.2) is 0 Å². The van der Waals surface area contributed by atoms with E-state index in [1.54, 1.807) is 20.8 Å². The number of ketones is 1. The van der Waals surface area contributed by atoms with E-state index >= 15 is 0 Å². The van der Waals surface area contributed by atoms with Gasteiger partial charge in [0.1, 0.15) is 17.8 Å². The molecule has 0 bridgehead atoms. The molecule has 0 saturated heterocycles. The number of hydrogen-bond acceptors (Lipinski definition) is 5. The lowest BCUT2D eigenvalue weighted by molar-refractivity contribution is -0.202. The Morgan fingerprint density at radius 2 is 1.59 bits per heavy atom. The van der Waals surface area contributed by atoms with E-state index in [-0.39, 0.29) is 12.1 Å². The average Bonchev–Trinajstić information content (AvgIpc) is 2.43. The molecule has 4 radical (unpaired) electrons. The molecule has 0 aliphatic rings. The van der Waals surface area contributed by atoms with E-state index in [1.165, 1.54) is 0 Å². The Hall–Kier alpha value is -0.360. The lowest BCUT2D eigenvalue weighted by Gasteiger charge is -2.49. The van der Waals surface area contributed by atoms with Gasteiger partial charge >= 0.3 is 0 Å². The highest BCUT2D eigenvalue weighted by molar-refractivity contribution is 6.09. The van der Waals surface area contributed by atoms with Crippen molar-refractivity contribution in [1.82, 2.24) is 5.32 Å². The molecule has 3 N–H and O–H groups in total. The van der Waals surface area contributed by atoms with Crippen LogP contribution in [0, 0.1) is 10.8 Å². The molecule has 5 nitrogen and oxygen atoms in total. The van der Waals surface area contributed by atoms with E-state index in [0.717, 1.165) is 0 Å². The molecule has 2 unspecified atom stereocenters. The van der Waals surface area contributed by atoms with Crippen molar-refractivity contribution in [3.8, 4) is 0 Å². The van der Waals surface area contributed by atoms with Gasteiger partial charge in [-0.15, -0.1) is 0 Å². The summed E-state index contributed by atoms with van der Waals surface area (Å²) >= 11 is 0. The molecule has 22 heavy (non-hydrogen) atoms. The number of carbonyl (C=O) groups is 1. The molecule has 0 saturated carbocycles. The van der Waals surface area contributed by atoms with Crippen molar-refractivity contribution in [3.05, 3.63) is 0 Å². The van der Waals surface area contributed by atoms with Gasteiger partial charge in [-0.25, -0.2) is 0 Å². The normalized spacial score (nSPS) is 17.9. The van der Waals surface area contributed by atoms with Crippen LogP contribution in [0.25, 0.3) is 0 Å². The van der Waals surface area contributed by atoms with Crippen LogP contribution < -0.4 is 11.1 Å². The first-order chi connectivity index (χ1) is 9.71. The summed E-state index contributed by atoms with van der Waals surface area (Å²) in [4.78, 5) is 13.2. The van der Waals surface area contributed by atoms with Crippen LogP contribution in [0.1, 0.15) is 48.5 Å². The Morgan fingerprint density at radius 3 is 1.91 bits per heavy atom. The SMILES string of the molecule is [B]CC(O[B])OC(C)(N)C(C)(C)C(=O)C(C)(C)C(C)(C)NC. The maximum Gasteiger partial charge on any atom is 0.286 e. The van der Waals surface area contributed by atoms with Crippen LogP contribution in [0.5, 0.6) is 0 Å². The van der Waals surface area contributed by atoms with Gasteiger partial charge in [0.2, 0.25) is 0 Å². The topological polar surface area (TPSA) is 73.6 Å². The molecule has 0 aliphatic carbocycles. The number of rotatable bonds is 9. The highest BCUT2D eigenvalue weighted by Gasteiger charge is 2.54. The molecule has 0 heterocycles. The monoisotopic (exact) mass is 308 g/mol. The van der Waals surface area contributed by atoms with Gasteiger partial charge in [0.05, 0.1) is 13.3 Å². The van der Waals surface area contributed by atoms with Crippen LogP contribution >= 0.6 is 0 Å². The fraction of sp³-hybridized carbons (Fsp3) is 0.933. The lowest BCUT2D eigenvalue weighted by Crippen LogP contribution is -2.64. The zero-order chi connectivity index (χ0) is 18.0. The number of ether oxygens (including phenoxy) is 1. The fourth-order valence-electron chi connectivity index (χ4n) is 2.15. The first-order valence-electron chi connectivity index (χ1n) is 7.47. The van der Waals surface area contributed by atoms with E-state index in [4.69, 9.17) is 26.4 Å². The number of nitrogens with two attached hydrogens (primary N) is 1. The van der Waals surface area contributed by atoms with E-state index in [0.29, 0.717) is 0 Å². The van der Waals surface area contributed by atoms with Crippen LogP contribution in [0.15, 0.2) is 0 Å². The molecule has 7 heteroatoms. The number of hydrogen-bond donors (Lipinski definition) is 2. The maximum absolute atomic E-state index is 13.2. The Balaban J connectivity index is 5.58. The summed E-state index contributed by atoms with van der Waals surface area (Å²) in [6.07, 6.45) is -0.832. The van der Waals surface area contributed by atoms with Crippen LogP contribution in [-0.2, 0) is 14.2 Å². The molecule has 0 fully saturated rings.